The number of halogens is 3. The average Bonchev–Trinajstić information content (AvgIpc) is 3.84. The molecular formula is C50H70F3N11O4. The van der Waals surface area contributed by atoms with Crippen molar-refractivity contribution in [3.63, 3.8) is 0 Å². The maximum absolute atomic E-state index is 14.1. The van der Waals surface area contributed by atoms with Crippen LogP contribution in [0.25, 0.3) is 10.9 Å². The second-order valence-corrected chi connectivity index (χ2v) is 20.4. The topological polar surface area (TPSA) is 168 Å². The Hall–Kier alpha value is -4.94. The Bertz CT molecular complexity index is 2230. The molecule has 4 N–H and O–H groups in total. The third-order valence-corrected chi connectivity index (χ3v) is 16.1. The van der Waals surface area contributed by atoms with E-state index in [0.29, 0.717) is 61.9 Å². The molecule has 68 heavy (non-hydrogen) atoms. The quantitative estimate of drug-likeness (QED) is 0.133. The van der Waals surface area contributed by atoms with E-state index >= 15 is 0 Å². The monoisotopic (exact) mass is 946 g/mol. The first-order valence-electron chi connectivity index (χ1n) is 24.9. The number of nitrogens with zero attached hydrogens (tertiary/aromatic N) is 7. The Morgan fingerprint density at radius 3 is 2.47 bits per heavy atom. The third-order valence-electron chi connectivity index (χ3n) is 16.1. The zero-order valence-corrected chi connectivity index (χ0v) is 40.1. The van der Waals surface area contributed by atoms with Crippen LogP contribution in [0.15, 0.2) is 49.1 Å². The van der Waals surface area contributed by atoms with Gasteiger partial charge in [0.15, 0.2) is 0 Å². The molecular weight excluding hydrogens is 876 g/mol. The zero-order valence-electron chi connectivity index (χ0n) is 40.1. The Morgan fingerprint density at radius 1 is 0.971 bits per heavy atom. The second-order valence-electron chi connectivity index (χ2n) is 20.4. The number of carbonyl (C=O) groups excluding carboxylic acids is 4. The normalized spacial score (nSPS) is 26.1. The van der Waals surface area contributed by atoms with Gasteiger partial charge in [-0.15, -0.1) is 0 Å². The Morgan fingerprint density at radius 2 is 1.75 bits per heavy atom. The minimum absolute atomic E-state index is 0.0253. The van der Waals surface area contributed by atoms with E-state index in [0.717, 1.165) is 69.4 Å². The number of hydrogen-bond acceptors (Lipinski definition) is 11. The molecule has 5 aliphatic rings. The van der Waals surface area contributed by atoms with Crippen molar-refractivity contribution < 1.29 is 32.3 Å². The zero-order chi connectivity index (χ0) is 48.2. The Kier molecular flexibility index (Phi) is 15.5. The number of fused-ring (bicyclic) bond motifs is 1. The molecule has 2 saturated carbocycles. The number of hydrogen-bond donors (Lipinski definition) is 4. The number of amides is 4. The van der Waals surface area contributed by atoms with Crippen LogP contribution < -0.4 is 21.3 Å². The summed E-state index contributed by atoms with van der Waals surface area (Å²) in [6, 6.07) is 6.62. The van der Waals surface area contributed by atoms with E-state index in [1.807, 2.05) is 17.0 Å². The van der Waals surface area contributed by atoms with Gasteiger partial charge in [-0.3, -0.25) is 24.2 Å². The summed E-state index contributed by atoms with van der Waals surface area (Å²) in [5.41, 5.74) is 0.785. The highest BCUT2D eigenvalue weighted by Crippen LogP contribution is 2.45. The molecule has 1 aromatic carbocycles. The molecule has 15 nitrogen and oxygen atoms in total. The number of pyridine rings is 1. The van der Waals surface area contributed by atoms with Crippen LogP contribution in [0.3, 0.4) is 0 Å². The number of nitrogens with one attached hydrogen (secondary N) is 4. The number of piperidine rings is 1. The van der Waals surface area contributed by atoms with Crippen LogP contribution >= 0.6 is 0 Å². The molecule has 6 atom stereocenters. The van der Waals surface area contributed by atoms with Gasteiger partial charge in [-0.05, 0) is 146 Å². The first-order valence-corrected chi connectivity index (χ1v) is 24.9. The third kappa shape index (κ3) is 11.4. The van der Waals surface area contributed by atoms with Gasteiger partial charge < -0.3 is 40.9 Å². The Labute approximate surface area is 398 Å². The smallest absolute Gasteiger partial charge is 0.358 e. The molecule has 5 heterocycles. The van der Waals surface area contributed by atoms with Gasteiger partial charge in [0, 0.05) is 75.4 Å². The molecule has 2 aliphatic carbocycles. The van der Waals surface area contributed by atoms with E-state index in [4.69, 9.17) is 0 Å². The molecule has 3 aromatic rings. The van der Waals surface area contributed by atoms with E-state index in [1.54, 1.807) is 24.3 Å². The Balaban J connectivity index is 0.764. The lowest BCUT2D eigenvalue weighted by atomic mass is 9.67. The standard InChI is InChI=1S/C50H70F3N11O4/c1-32(2)61(3)36-9-11-42(64-24-15-40(48(64)68)60-46-37-27-34(50(51,52)53)8-10-39(37)57-31-58-46)41(28-36)59-43(65)14-22-55-35-12-16-49(17-13-35)18-25-63(26-19-49)23-6-21-56-47(67)38-29-44(66)62(4)45(38)33-7-5-20-54-30-33/h5,7-8,10,20,27,30-32,35-36,38,40-42,45,55H,6,9,11-19,21-26,28-29H2,1-4H3,(H,56,67)(H,59,65)(H,57,58,60)/t36-,38+,40+,41-,42+,45-/m1/s1. The van der Waals surface area contributed by atoms with Crippen molar-refractivity contribution in [1.29, 1.82) is 0 Å². The summed E-state index contributed by atoms with van der Waals surface area (Å²) in [5, 5.41) is 13.5. The summed E-state index contributed by atoms with van der Waals surface area (Å²) in [7, 11) is 3.87. The van der Waals surface area contributed by atoms with Gasteiger partial charge in [0.1, 0.15) is 18.2 Å². The summed E-state index contributed by atoms with van der Waals surface area (Å²) >= 11 is 0. The first kappa shape index (κ1) is 49.5. The maximum atomic E-state index is 14.1. The lowest BCUT2D eigenvalue weighted by Gasteiger charge is -2.46. The molecule has 0 bridgehead atoms. The summed E-state index contributed by atoms with van der Waals surface area (Å²) in [4.78, 5) is 74.4. The van der Waals surface area contributed by atoms with Crippen LogP contribution in [0.2, 0.25) is 0 Å². The van der Waals surface area contributed by atoms with Gasteiger partial charge in [0.25, 0.3) is 0 Å². The van der Waals surface area contributed by atoms with E-state index in [1.165, 1.54) is 38.1 Å². The van der Waals surface area contributed by atoms with Crippen LogP contribution in [0.4, 0.5) is 19.0 Å². The molecule has 0 unspecified atom stereocenters. The molecule has 8 rings (SSSR count). The van der Waals surface area contributed by atoms with Crippen molar-refractivity contribution in [3.8, 4) is 0 Å². The van der Waals surface area contributed by atoms with E-state index < -0.39 is 23.7 Å². The number of aromatic nitrogens is 3. The van der Waals surface area contributed by atoms with Crippen molar-refractivity contribution in [2.75, 3.05) is 58.7 Å². The van der Waals surface area contributed by atoms with Gasteiger partial charge in [-0.1, -0.05) is 6.07 Å². The van der Waals surface area contributed by atoms with Gasteiger partial charge in [0.2, 0.25) is 23.6 Å². The summed E-state index contributed by atoms with van der Waals surface area (Å²) < 4.78 is 40.8. The molecule has 3 aliphatic heterocycles. The number of rotatable bonds is 16. The summed E-state index contributed by atoms with van der Waals surface area (Å²) in [5.74, 6) is -0.511. The van der Waals surface area contributed by atoms with Gasteiger partial charge in [-0.25, -0.2) is 9.97 Å². The van der Waals surface area contributed by atoms with Crippen molar-refractivity contribution in [2.24, 2.45) is 11.3 Å². The second kappa shape index (κ2) is 21.4. The minimum Gasteiger partial charge on any atom is -0.358 e. The van der Waals surface area contributed by atoms with Crippen molar-refractivity contribution in [1.82, 2.24) is 50.5 Å². The van der Waals surface area contributed by atoms with Crippen LogP contribution in [0.1, 0.15) is 114 Å². The molecule has 0 radical (unpaired) electrons. The van der Waals surface area contributed by atoms with Gasteiger partial charge >= 0.3 is 6.18 Å². The van der Waals surface area contributed by atoms with E-state index in [2.05, 4.69) is 66.9 Å². The lowest BCUT2D eigenvalue weighted by molar-refractivity contribution is -0.137. The molecule has 3 saturated heterocycles. The van der Waals surface area contributed by atoms with Crippen LogP contribution in [-0.2, 0) is 25.4 Å². The van der Waals surface area contributed by atoms with E-state index in [-0.39, 0.29) is 65.4 Å². The van der Waals surface area contributed by atoms with Gasteiger partial charge in [0.05, 0.1) is 35.1 Å². The fourth-order valence-electron chi connectivity index (χ4n) is 11.7. The van der Waals surface area contributed by atoms with Crippen molar-refractivity contribution >= 4 is 40.3 Å². The van der Waals surface area contributed by atoms with Gasteiger partial charge in [-0.2, -0.15) is 13.2 Å². The molecule has 5 fully saturated rings. The molecule has 1 spiro atoms. The van der Waals surface area contributed by atoms with Crippen molar-refractivity contribution in [2.45, 2.75) is 146 Å². The van der Waals surface area contributed by atoms with Crippen LogP contribution in [0.5, 0.6) is 0 Å². The highest BCUT2D eigenvalue weighted by Gasteiger charge is 2.45. The SMILES string of the molecule is CC(C)N(C)[C@@H]1CC[C@H](N2CC[C@H](Nc3ncnc4ccc(C(F)(F)F)cc34)C2=O)[C@H](NC(=O)CCNC2CCC3(CC2)CCN(CCCNC(=O)[C@H]2CC(=O)N(C)[C@@H]2c2cccnc2)CC3)C1. The number of benzene rings is 1. The predicted octanol–water partition coefficient (Wildman–Crippen LogP) is 5.53. The highest BCUT2D eigenvalue weighted by atomic mass is 19.4. The number of alkyl halides is 3. The first-order chi connectivity index (χ1) is 32.6. The fraction of sp³-hybridized carbons (Fsp3) is 0.660. The number of anilines is 1. The number of likely N-dealkylation sites (tertiary alicyclic amines) is 3. The summed E-state index contributed by atoms with van der Waals surface area (Å²) in [6.45, 7) is 8.98. The highest BCUT2D eigenvalue weighted by molar-refractivity contribution is 5.93. The largest absolute Gasteiger partial charge is 0.416 e. The van der Waals surface area contributed by atoms with Crippen LogP contribution in [-0.4, -0.2) is 148 Å². The van der Waals surface area contributed by atoms with E-state index in [9.17, 15) is 32.3 Å². The van der Waals surface area contributed by atoms with Crippen LogP contribution in [0, 0.1) is 11.3 Å². The number of carbonyl (C=O) groups is 4. The molecule has 2 aromatic heterocycles. The summed E-state index contributed by atoms with van der Waals surface area (Å²) in [6.07, 6.45) is 11.2. The lowest BCUT2D eigenvalue weighted by Crippen LogP contribution is -2.59. The minimum atomic E-state index is -4.53. The fourth-order valence-corrected chi connectivity index (χ4v) is 11.7. The maximum Gasteiger partial charge on any atom is 0.416 e. The average molecular weight is 946 g/mol. The van der Waals surface area contributed by atoms with Crippen molar-refractivity contribution in [3.05, 3.63) is 60.2 Å². The molecule has 18 heteroatoms. The molecule has 4 amide bonds. The molecule has 370 valence electrons. The predicted molar refractivity (Wildman–Crippen MR) is 253 cm³/mol.